The van der Waals surface area contributed by atoms with E-state index in [-0.39, 0.29) is 11.9 Å². The summed E-state index contributed by atoms with van der Waals surface area (Å²) in [6, 6.07) is 1.92. The minimum absolute atomic E-state index is 0.0892. The van der Waals surface area contributed by atoms with Crippen molar-refractivity contribution in [2.45, 2.75) is 39.2 Å². The van der Waals surface area contributed by atoms with E-state index in [0.29, 0.717) is 22.4 Å². The van der Waals surface area contributed by atoms with Crippen molar-refractivity contribution >= 4 is 17.5 Å². The Hall–Kier alpha value is -1.09. The van der Waals surface area contributed by atoms with Crippen molar-refractivity contribution in [3.63, 3.8) is 0 Å². The van der Waals surface area contributed by atoms with Crippen molar-refractivity contribution in [3.05, 3.63) is 29.0 Å². The normalized spacial score (nSPS) is 27.8. The second-order valence-corrected chi connectivity index (χ2v) is 5.85. The van der Waals surface area contributed by atoms with Crippen LogP contribution in [0.15, 0.2) is 18.5 Å². The molecule has 1 aliphatic carbocycles. The van der Waals surface area contributed by atoms with Gasteiger partial charge in [0.15, 0.2) is 0 Å². The van der Waals surface area contributed by atoms with E-state index in [4.69, 9.17) is 11.6 Å². The standard InChI is InChI=1S/C14H19ClN2O/c1-9-5-10(2)7-11(6-9)17-14(18)12-3-4-16-8-13(12)15/h3-4,8-11H,5-7H2,1-2H3,(H,17,18). The van der Waals surface area contributed by atoms with Crippen LogP contribution < -0.4 is 5.32 Å². The molecule has 98 valence electrons. The summed E-state index contributed by atoms with van der Waals surface area (Å²) in [5.41, 5.74) is 0.512. The number of hydrogen-bond donors (Lipinski definition) is 1. The first-order valence-electron chi connectivity index (χ1n) is 6.46. The van der Waals surface area contributed by atoms with E-state index >= 15 is 0 Å². The number of hydrogen-bond acceptors (Lipinski definition) is 2. The molecule has 0 radical (unpaired) electrons. The lowest BCUT2D eigenvalue weighted by Gasteiger charge is -2.32. The second-order valence-electron chi connectivity index (χ2n) is 5.44. The number of nitrogens with one attached hydrogen (secondary N) is 1. The Morgan fingerprint density at radius 1 is 1.33 bits per heavy atom. The zero-order valence-corrected chi connectivity index (χ0v) is 11.6. The molecule has 0 bridgehead atoms. The lowest BCUT2D eigenvalue weighted by atomic mass is 9.80. The number of carbonyl (C=O) groups excluding carboxylic acids is 1. The van der Waals surface area contributed by atoms with Gasteiger partial charge in [-0.1, -0.05) is 25.4 Å². The van der Waals surface area contributed by atoms with Crippen LogP contribution in [0, 0.1) is 11.8 Å². The summed E-state index contributed by atoms with van der Waals surface area (Å²) in [7, 11) is 0. The lowest BCUT2D eigenvalue weighted by molar-refractivity contribution is 0.0911. The fourth-order valence-electron chi connectivity index (χ4n) is 2.89. The molecule has 3 nitrogen and oxygen atoms in total. The largest absolute Gasteiger partial charge is 0.349 e. The number of nitrogens with zero attached hydrogens (tertiary/aromatic N) is 1. The smallest absolute Gasteiger partial charge is 0.253 e. The molecule has 1 fully saturated rings. The van der Waals surface area contributed by atoms with Gasteiger partial charge in [0, 0.05) is 18.4 Å². The van der Waals surface area contributed by atoms with Crippen LogP contribution in [-0.4, -0.2) is 16.9 Å². The average molecular weight is 267 g/mol. The van der Waals surface area contributed by atoms with Crippen LogP contribution in [0.2, 0.25) is 5.02 Å². The highest BCUT2D eigenvalue weighted by molar-refractivity contribution is 6.33. The number of rotatable bonds is 2. The van der Waals surface area contributed by atoms with Crippen LogP contribution in [0.4, 0.5) is 0 Å². The van der Waals surface area contributed by atoms with Gasteiger partial charge in [-0.3, -0.25) is 9.78 Å². The molecule has 0 aliphatic heterocycles. The summed E-state index contributed by atoms with van der Waals surface area (Å²) in [6.45, 7) is 4.49. The quantitative estimate of drug-likeness (QED) is 0.893. The lowest BCUT2D eigenvalue weighted by Crippen LogP contribution is -2.40. The van der Waals surface area contributed by atoms with Gasteiger partial charge in [-0.05, 0) is 37.2 Å². The molecule has 0 aromatic carbocycles. The number of pyridine rings is 1. The van der Waals surface area contributed by atoms with Crippen molar-refractivity contribution in [1.82, 2.24) is 10.3 Å². The van der Waals surface area contributed by atoms with Crippen molar-refractivity contribution in [2.75, 3.05) is 0 Å². The summed E-state index contributed by atoms with van der Waals surface area (Å²) in [5, 5.41) is 3.49. The third-order valence-corrected chi connectivity index (χ3v) is 3.83. The Bertz CT molecular complexity index is 426. The number of aromatic nitrogens is 1. The maximum Gasteiger partial charge on any atom is 0.253 e. The molecule has 0 saturated heterocycles. The molecule has 1 saturated carbocycles. The van der Waals surface area contributed by atoms with Gasteiger partial charge >= 0.3 is 0 Å². The zero-order chi connectivity index (χ0) is 13.1. The van der Waals surface area contributed by atoms with E-state index in [2.05, 4.69) is 24.1 Å². The van der Waals surface area contributed by atoms with Gasteiger partial charge in [0.1, 0.15) is 0 Å². The zero-order valence-electron chi connectivity index (χ0n) is 10.8. The van der Waals surface area contributed by atoms with Gasteiger partial charge in [0.2, 0.25) is 0 Å². The van der Waals surface area contributed by atoms with Crippen molar-refractivity contribution < 1.29 is 4.79 Å². The van der Waals surface area contributed by atoms with Gasteiger partial charge < -0.3 is 5.32 Å². The predicted octanol–water partition coefficient (Wildman–Crippen LogP) is 3.29. The minimum atomic E-state index is -0.0892. The SMILES string of the molecule is CC1CC(C)CC(NC(=O)c2ccncc2Cl)C1. The first-order chi connectivity index (χ1) is 8.56. The van der Waals surface area contributed by atoms with Crippen molar-refractivity contribution in [3.8, 4) is 0 Å². The van der Waals surface area contributed by atoms with Crippen LogP contribution in [0.3, 0.4) is 0 Å². The predicted molar refractivity (Wildman–Crippen MR) is 72.7 cm³/mol. The molecule has 0 spiro atoms. The van der Waals surface area contributed by atoms with Gasteiger partial charge in [0.05, 0.1) is 10.6 Å². The Morgan fingerprint density at radius 2 is 2.00 bits per heavy atom. The Kier molecular flexibility index (Phi) is 4.23. The van der Waals surface area contributed by atoms with Crippen molar-refractivity contribution in [2.24, 2.45) is 11.8 Å². The maximum absolute atomic E-state index is 12.1. The number of carbonyl (C=O) groups is 1. The van der Waals surface area contributed by atoms with Crippen LogP contribution in [0.1, 0.15) is 43.5 Å². The van der Waals surface area contributed by atoms with Crippen LogP contribution >= 0.6 is 11.6 Å². The highest BCUT2D eigenvalue weighted by atomic mass is 35.5. The maximum atomic E-state index is 12.1. The topological polar surface area (TPSA) is 42.0 Å². The molecule has 1 aromatic heterocycles. The van der Waals surface area contributed by atoms with Crippen LogP contribution in [0.5, 0.6) is 0 Å². The molecule has 2 unspecified atom stereocenters. The summed E-state index contributed by atoms with van der Waals surface area (Å²) in [4.78, 5) is 16.0. The summed E-state index contributed by atoms with van der Waals surface area (Å²) >= 11 is 5.97. The average Bonchev–Trinajstić information content (AvgIpc) is 2.27. The molecule has 1 heterocycles. The first-order valence-corrected chi connectivity index (χ1v) is 6.84. The minimum Gasteiger partial charge on any atom is -0.349 e. The van der Waals surface area contributed by atoms with Gasteiger partial charge in [-0.2, -0.15) is 0 Å². The molecule has 18 heavy (non-hydrogen) atoms. The molecule has 2 rings (SSSR count). The molecule has 2 atom stereocenters. The second kappa shape index (κ2) is 5.70. The van der Waals surface area contributed by atoms with E-state index in [0.717, 1.165) is 12.8 Å². The third kappa shape index (κ3) is 3.22. The Morgan fingerprint density at radius 3 is 2.61 bits per heavy atom. The van der Waals surface area contributed by atoms with E-state index in [1.165, 1.54) is 12.6 Å². The monoisotopic (exact) mass is 266 g/mol. The van der Waals surface area contributed by atoms with E-state index < -0.39 is 0 Å². The molecule has 4 heteroatoms. The number of amides is 1. The number of halogens is 1. The van der Waals surface area contributed by atoms with Gasteiger partial charge in [-0.25, -0.2) is 0 Å². The molecular weight excluding hydrogens is 248 g/mol. The molecule has 1 aliphatic rings. The summed E-state index contributed by atoms with van der Waals surface area (Å²) < 4.78 is 0. The highest BCUT2D eigenvalue weighted by Crippen LogP contribution is 2.28. The van der Waals surface area contributed by atoms with Crippen LogP contribution in [-0.2, 0) is 0 Å². The summed E-state index contributed by atoms with van der Waals surface area (Å²) in [5.74, 6) is 1.26. The fraction of sp³-hybridized carbons (Fsp3) is 0.571. The third-order valence-electron chi connectivity index (χ3n) is 3.53. The Labute approximate surface area is 113 Å². The van der Waals surface area contributed by atoms with E-state index in [9.17, 15) is 4.79 Å². The fourth-order valence-corrected chi connectivity index (χ4v) is 3.09. The van der Waals surface area contributed by atoms with Crippen LogP contribution in [0.25, 0.3) is 0 Å². The molecular formula is C14H19ClN2O. The summed E-state index contributed by atoms with van der Waals surface area (Å²) in [6.07, 6.45) is 6.45. The van der Waals surface area contributed by atoms with Crippen molar-refractivity contribution in [1.29, 1.82) is 0 Å². The van der Waals surface area contributed by atoms with Gasteiger partial charge in [-0.15, -0.1) is 0 Å². The Balaban J connectivity index is 2.01. The van der Waals surface area contributed by atoms with E-state index in [1.807, 2.05) is 0 Å². The molecule has 1 N–H and O–H groups in total. The molecule has 1 aromatic rings. The first kappa shape index (κ1) is 13.3. The highest BCUT2D eigenvalue weighted by Gasteiger charge is 2.25. The molecule has 1 amide bonds. The van der Waals surface area contributed by atoms with Gasteiger partial charge in [0.25, 0.3) is 5.91 Å². The van der Waals surface area contributed by atoms with E-state index in [1.54, 1.807) is 12.3 Å².